The minimum Gasteiger partial charge on any atom is -0.469 e. The predicted molar refractivity (Wildman–Crippen MR) is 117 cm³/mol. The van der Waals surface area contributed by atoms with E-state index in [0.717, 1.165) is 11.1 Å². The van der Waals surface area contributed by atoms with E-state index in [1.54, 1.807) is 32.3 Å². The van der Waals surface area contributed by atoms with Gasteiger partial charge in [-0.1, -0.05) is 12.1 Å². The smallest absolute Gasteiger partial charge is 0.308 e. The molecule has 2 aromatic carbocycles. The van der Waals surface area contributed by atoms with E-state index in [-0.39, 0.29) is 24.8 Å². The van der Waals surface area contributed by atoms with Gasteiger partial charge in [0.25, 0.3) is 5.91 Å². The summed E-state index contributed by atoms with van der Waals surface area (Å²) >= 11 is 0. The van der Waals surface area contributed by atoms with E-state index in [4.69, 9.17) is 9.15 Å². The second kappa shape index (κ2) is 8.70. The lowest BCUT2D eigenvalue weighted by Crippen LogP contribution is -2.39. The first-order valence-corrected chi connectivity index (χ1v) is 10.2. The minimum absolute atomic E-state index is 0.0764. The first-order chi connectivity index (χ1) is 15.4. The van der Waals surface area contributed by atoms with Crippen LogP contribution in [0.25, 0.3) is 11.1 Å². The SMILES string of the molecule is COC(=O)CC1Nc2ccc(C(=O)N(C)Cc3nc4ccccc4o3)cc2CN(C)C1=O. The topological polar surface area (TPSA) is 105 Å². The van der Waals surface area contributed by atoms with Crippen LogP contribution in [0.15, 0.2) is 46.9 Å². The van der Waals surface area contributed by atoms with Gasteiger partial charge in [0.05, 0.1) is 20.1 Å². The summed E-state index contributed by atoms with van der Waals surface area (Å²) < 4.78 is 10.4. The number of hydrogen-bond donors (Lipinski definition) is 1. The highest BCUT2D eigenvalue weighted by atomic mass is 16.5. The number of hydrogen-bond acceptors (Lipinski definition) is 7. The number of carbonyl (C=O) groups is 3. The molecule has 1 aliphatic rings. The zero-order valence-electron chi connectivity index (χ0n) is 18.1. The summed E-state index contributed by atoms with van der Waals surface area (Å²) in [6.45, 7) is 0.539. The Hall–Kier alpha value is -3.88. The van der Waals surface area contributed by atoms with Crippen LogP contribution in [-0.4, -0.2) is 59.8 Å². The van der Waals surface area contributed by atoms with Gasteiger partial charge < -0.3 is 24.3 Å². The molecule has 1 atom stereocenters. The van der Waals surface area contributed by atoms with Crippen molar-refractivity contribution in [1.82, 2.24) is 14.8 Å². The van der Waals surface area contributed by atoms with E-state index in [2.05, 4.69) is 10.3 Å². The Bertz CT molecular complexity index is 1160. The summed E-state index contributed by atoms with van der Waals surface area (Å²) in [5.41, 5.74) is 3.39. The standard InChI is InChI=1S/C23H24N4O5/c1-26-12-15-10-14(8-9-16(15)24-18(23(26)30)11-21(28)31-3)22(29)27(2)13-20-25-17-6-4-5-7-19(17)32-20/h4-10,18,24H,11-13H2,1-3H3. The molecular weight excluding hydrogens is 412 g/mol. The molecule has 4 rings (SSSR count). The normalized spacial score (nSPS) is 15.7. The third-order valence-corrected chi connectivity index (χ3v) is 5.42. The number of ether oxygens (including phenoxy) is 1. The molecule has 0 saturated carbocycles. The lowest BCUT2D eigenvalue weighted by Gasteiger charge is -2.19. The highest BCUT2D eigenvalue weighted by molar-refractivity contribution is 5.95. The van der Waals surface area contributed by atoms with Gasteiger partial charge in [0.2, 0.25) is 11.8 Å². The molecule has 9 heteroatoms. The summed E-state index contributed by atoms with van der Waals surface area (Å²) in [5.74, 6) is -0.429. The van der Waals surface area contributed by atoms with Gasteiger partial charge in [0.1, 0.15) is 11.6 Å². The molecule has 9 nitrogen and oxygen atoms in total. The molecule has 1 aromatic heterocycles. The number of para-hydroxylation sites is 2. The first kappa shape index (κ1) is 21.4. The fraction of sp³-hybridized carbons (Fsp3) is 0.304. The van der Waals surface area contributed by atoms with Crippen molar-refractivity contribution in [1.29, 1.82) is 0 Å². The van der Waals surface area contributed by atoms with E-state index in [1.165, 1.54) is 16.9 Å². The zero-order chi connectivity index (χ0) is 22.8. The van der Waals surface area contributed by atoms with Crippen LogP contribution in [-0.2, 0) is 27.4 Å². The van der Waals surface area contributed by atoms with Crippen molar-refractivity contribution < 1.29 is 23.5 Å². The largest absolute Gasteiger partial charge is 0.469 e. The number of anilines is 1. The quantitative estimate of drug-likeness (QED) is 0.613. The molecule has 2 amide bonds. The number of likely N-dealkylation sites (N-methyl/N-ethyl adjacent to an activating group) is 1. The fourth-order valence-electron chi connectivity index (χ4n) is 3.72. The highest BCUT2D eigenvalue weighted by Crippen LogP contribution is 2.26. The van der Waals surface area contributed by atoms with Gasteiger partial charge in [0.15, 0.2) is 5.58 Å². The molecule has 0 radical (unpaired) electrons. The monoisotopic (exact) mass is 436 g/mol. The molecule has 0 aliphatic carbocycles. The number of nitrogens with one attached hydrogen (secondary N) is 1. The molecule has 1 N–H and O–H groups in total. The van der Waals surface area contributed by atoms with Gasteiger partial charge in [-0.15, -0.1) is 0 Å². The average Bonchev–Trinajstić information content (AvgIpc) is 3.15. The van der Waals surface area contributed by atoms with Crippen LogP contribution in [0.5, 0.6) is 0 Å². The number of fused-ring (bicyclic) bond motifs is 2. The van der Waals surface area contributed by atoms with E-state index >= 15 is 0 Å². The van der Waals surface area contributed by atoms with E-state index in [1.807, 2.05) is 24.3 Å². The second-order valence-corrected chi connectivity index (χ2v) is 7.78. The van der Waals surface area contributed by atoms with E-state index in [9.17, 15) is 14.4 Å². The minimum atomic E-state index is -0.725. The van der Waals surface area contributed by atoms with Crippen LogP contribution in [0.4, 0.5) is 5.69 Å². The van der Waals surface area contributed by atoms with Gasteiger partial charge >= 0.3 is 5.97 Å². The van der Waals surface area contributed by atoms with E-state index in [0.29, 0.717) is 29.3 Å². The van der Waals surface area contributed by atoms with Crippen molar-refractivity contribution >= 4 is 34.6 Å². The van der Waals surface area contributed by atoms with Crippen molar-refractivity contribution in [3.8, 4) is 0 Å². The van der Waals surface area contributed by atoms with Gasteiger partial charge in [-0.3, -0.25) is 14.4 Å². The molecule has 2 heterocycles. The maximum Gasteiger partial charge on any atom is 0.308 e. The van der Waals surface area contributed by atoms with Crippen molar-refractivity contribution in [2.24, 2.45) is 0 Å². The molecule has 32 heavy (non-hydrogen) atoms. The van der Waals surface area contributed by atoms with Crippen LogP contribution >= 0.6 is 0 Å². The van der Waals surface area contributed by atoms with Crippen LogP contribution in [0.3, 0.4) is 0 Å². The number of esters is 1. The van der Waals surface area contributed by atoms with Crippen LogP contribution in [0.2, 0.25) is 0 Å². The third kappa shape index (κ3) is 4.27. The Kier molecular flexibility index (Phi) is 5.81. The number of rotatable bonds is 5. The average molecular weight is 436 g/mol. The molecule has 1 unspecified atom stereocenters. The number of benzene rings is 2. The number of carbonyl (C=O) groups excluding carboxylic acids is 3. The lowest BCUT2D eigenvalue weighted by atomic mass is 10.1. The number of methoxy groups -OCH3 is 1. The van der Waals surface area contributed by atoms with Gasteiger partial charge in [-0.25, -0.2) is 4.98 Å². The summed E-state index contributed by atoms with van der Waals surface area (Å²) in [7, 11) is 4.64. The zero-order valence-corrected chi connectivity index (χ0v) is 18.1. The van der Waals surface area contributed by atoms with Crippen LogP contribution < -0.4 is 5.32 Å². The molecule has 0 fully saturated rings. The fourth-order valence-corrected chi connectivity index (χ4v) is 3.72. The summed E-state index contributed by atoms with van der Waals surface area (Å²) in [6.07, 6.45) is -0.0764. The molecule has 3 aromatic rings. The molecule has 0 saturated heterocycles. The molecule has 0 bridgehead atoms. The van der Waals surface area contributed by atoms with Crippen molar-refractivity contribution in [2.75, 3.05) is 26.5 Å². The van der Waals surface area contributed by atoms with E-state index < -0.39 is 12.0 Å². The third-order valence-electron chi connectivity index (χ3n) is 5.42. The maximum atomic E-state index is 13.0. The number of oxazole rings is 1. The van der Waals surface area contributed by atoms with Crippen molar-refractivity contribution in [3.63, 3.8) is 0 Å². The van der Waals surface area contributed by atoms with Gasteiger partial charge in [-0.2, -0.15) is 0 Å². The Balaban J connectivity index is 1.52. The Morgan fingerprint density at radius 3 is 2.81 bits per heavy atom. The number of amides is 2. The lowest BCUT2D eigenvalue weighted by molar-refractivity contribution is -0.143. The number of nitrogens with zero attached hydrogens (tertiary/aromatic N) is 3. The number of aromatic nitrogens is 1. The van der Waals surface area contributed by atoms with Crippen molar-refractivity contribution in [3.05, 3.63) is 59.5 Å². The van der Waals surface area contributed by atoms with Crippen molar-refractivity contribution in [2.45, 2.75) is 25.6 Å². The second-order valence-electron chi connectivity index (χ2n) is 7.78. The van der Waals surface area contributed by atoms with Crippen LogP contribution in [0.1, 0.15) is 28.2 Å². The highest BCUT2D eigenvalue weighted by Gasteiger charge is 2.30. The van der Waals surface area contributed by atoms with Gasteiger partial charge in [-0.05, 0) is 35.9 Å². The molecule has 1 aliphatic heterocycles. The molecule has 166 valence electrons. The van der Waals surface area contributed by atoms with Crippen LogP contribution in [0, 0.1) is 0 Å². The summed E-state index contributed by atoms with van der Waals surface area (Å²) in [4.78, 5) is 44.8. The Labute approximate surface area is 184 Å². The maximum absolute atomic E-state index is 13.0. The summed E-state index contributed by atoms with van der Waals surface area (Å²) in [5, 5.41) is 3.11. The molecule has 0 spiro atoms. The Morgan fingerprint density at radius 2 is 2.06 bits per heavy atom. The Morgan fingerprint density at radius 1 is 1.28 bits per heavy atom. The first-order valence-electron chi connectivity index (χ1n) is 10.2. The predicted octanol–water partition coefficient (Wildman–Crippen LogP) is 2.42. The summed E-state index contributed by atoms with van der Waals surface area (Å²) in [6, 6.07) is 11.9. The van der Waals surface area contributed by atoms with Gasteiger partial charge in [0, 0.05) is 31.9 Å². The molecular formula is C23H24N4O5.